The van der Waals surface area contributed by atoms with Crippen molar-refractivity contribution in [1.82, 2.24) is 14.5 Å². The van der Waals surface area contributed by atoms with Crippen molar-refractivity contribution in [3.63, 3.8) is 0 Å². The molecule has 0 amide bonds. The fraction of sp³-hybridized carbons (Fsp3) is 0.600. The second kappa shape index (κ2) is 12.2. The molecule has 2 aliphatic heterocycles. The van der Waals surface area contributed by atoms with E-state index in [-0.39, 0.29) is 36.2 Å². The van der Waals surface area contributed by atoms with Crippen molar-refractivity contribution in [2.45, 2.75) is 95.7 Å². The van der Waals surface area contributed by atoms with Crippen molar-refractivity contribution in [3.05, 3.63) is 41.4 Å². The number of fused-ring (bicyclic) bond motifs is 2. The molecule has 1 aromatic carbocycles. The minimum absolute atomic E-state index is 0.0996. The summed E-state index contributed by atoms with van der Waals surface area (Å²) in [5, 5.41) is 3.88. The van der Waals surface area contributed by atoms with Crippen LogP contribution in [0.2, 0.25) is 48.8 Å². The SMILES string of the molecule is CC(C)(C)[Si](C)(C)O[C@@H]1CO[C@H]2[C@@H]1OC[C@H]2Oc1nc2cc(Cl)c(Nc3ccccc3)nc2n1COCC[Si](C)(C)C. The Labute approximate surface area is 256 Å². The molecule has 2 aromatic heterocycles. The van der Waals surface area contributed by atoms with Crippen LogP contribution >= 0.6 is 11.6 Å². The Morgan fingerprint density at radius 1 is 1.00 bits per heavy atom. The lowest BCUT2D eigenvalue weighted by Crippen LogP contribution is -2.47. The van der Waals surface area contributed by atoms with Crippen molar-refractivity contribution in [2.75, 3.05) is 25.1 Å². The monoisotopic (exact) mass is 632 g/mol. The topological polar surface area (TPSA) is 88.9 Å². The van der Waals surface area contributed by atoms with E-state index in [4.69, 9.17) is 44.9 Å². The van der Waals surface area contributed by atoms with Crippen molar-refractivity contribution in [3.8, 4) is 6.01 Å². The summed E-state index contributed by atoms with van der Waals surface area (Å²) >= 11 is 6.64. The molecular formula is C30H45ClN4O5Si2. The molecule has 4 heterocycles. The first kappa shape index (κ1) is 31.4. The average Bonchev–Trinajstić information content (AvgIpc) is 3.57. The highest BCUT2D eigenvalue weighted by Crippen LogP contribution is 2.41. The quantitative estimate of drug-likeness (QED) is 0.177. The summed E-state index contributed by atoms with van der Waals surface area (Å²) in [6, 6.07) is 13.1. The third-order valence-corrected chi connectivity index (χ3v) is 14.9. The van der Waals surface area contributed by atoms with E-state index in [0.29, 0.717) is 47.8 Å². The van der Waals surface area contributed by atoms with E-state index >= 15 is 0 Å². The molecule has 9 nitrogen and oxygen atoms in total. The Morgan fingerprint density at radius 3 is 2.33 bits per heavy atom. The summed E-state index contributed by atoms with van der Waals surface area (Å²) in [5.74, 6) is 0.541. The van der Waals surface area contributed by atoms with Crippen LogP contribution in [0, 0.1) is 0 Å². The van der Waals surface area contributed by atoms with Crippen LogP contribution < -0.4 is 10.1 Å². The summed E-state index contributed by atoms with van der Waals surface area (Å²) < 4.78 is 33.7. The number of aromatic nitrogens is 3. The maximum absolute atomic E-state index is 6.68. The van der Waals surface area contributed by atoms with Gasteiger partial charge in [-0.25, -0.2) is 4.98 Å². The number of nitrogens with one attached hydrogen (secondary N) is 1. The van der Waals surface area contributed by atoms with Gasteiger partial charge in [-0.2, -0.15) is 4.98 Å². The molecule has 2 aliphatic rings. The van der Waals surface area contributed by atoms with Crippen LogP contribution in [0.25, 0.3) is 11.2 Å². The van der Waals surface area contributed by atoms with Crippen LogP contribution in [0.15, 0.2) is 36.4 Å². The Morgan fingerprint density at radius 2 is 1.67 bits per heavy atom. The molecular weight excluding hydrogens is 588 g/mol. The van der Waals surface area contributed by atoms with Crippen LogP contribution in [0.4, 0.5) is 11.5 Å². The molecule has 4 atom stereocenters. The zero-order chi connectivity index (χ0) is 30.3. The molecule has 0 radical (unpaired) electrons. The predicted octanol–water partition coefficient (Wildman–Crippen LogP) is 7.08. The van der Waals surface area contributed by atoms with Crippen LogP contribution in [0.1, 0.15) is 20.8 Å². The van der Waals surface area contributed by atoms with Crippen LogP contribution in [0.5, 0.6) is 6.01 Å². The molecule has 0 spiro atoms. The molecule has 42 heavy (non-hydrogen) atoms. The number of halogens is 1. The van der Waals surface area contributed by atoms with Gasteiger partial charge in [0.25, 0.3) is 0 Å². The Kier molecular flexibility index (Phi) is 9.12. The van der Waals surface area contributed by atoms with E-state index in [1.54, 1.807) is 0 Å². The van der Waals surface area contributed by atoms with Crippen molar-refractivity contribution in [2.24, 2.45) is 0 Å². The van der Waals surface area contributed by atoms with Gasteiger partial charge in [-0.05, 0) is 42.4 Å². The number of imidazole rings is 1. The third-order valence-electron chi connectivity index (χ3n) is 8.36. The number of rotatable bonds is 11. The average molecular weight is 633 g/mol. The fourth-order valence-corrected chi connectivity index (χ4v) is 7.07. The minimum atomic E-state index is -1.99. The zero-order valence-corrected chi connectivity index (χ0v) is 28.8. The lowest BCUT2D eigenvalue weighted by Gasteiger charge is -2.39. The first-order chi connectivity index (χ1) is 19.7. The van der Waals surface area contributed by atoms with Crippen LogP contribution in [-0.4, -0.2) is 75.2 Å². The first-order valence-corrected chi connectivity index (χ1v) is 21.8. The highest BCUT2D eigenvalue weighted by molar-refractivity contribution is 6.76. The molecule has 0 bridgehead atoms. The van der Waals surface area contributed by atoms with Gasteiger partial charge in [-0.15, -0.1) is 0 Å². The molecule has 1 N–H and O–H groups in total. The smallest absolute Gasteiger partial charge is 0.301 e. The summed E-state index contributed by atoms with van der Waals surface area (Å²) in [6.07, 6.45) is -0.866. The Balaban J connectivity index is 1.38. The maximum atomic E-state index is 6.68. The second-order valence-corrected chi connectivity index (χ2v) is 24.8. The van der Waals surface area contributed by atoms with Crippen LogP contribution in [-0.2, 0) is 25.4 Å². The van der Waals surface area contributed by atoms with Gasteiger partial charge in [0.15, 0.2) is 25.9 Å². The van der Waals surface area contributed by atoms with Crippen molar-refractivity contribution < 1.29 is 23.4 Å². The van der Waals surface area contributed by atoms with Gasteiger partial charge in [0.1, 0.15) is 24.5 Å². The minimum Gasteiger partial charge on any atom is -0.456 e. The second-order valence-electron chi connectivity index (χ2n) is 14.0. The third kappa shape index (κ3) is 7.04. The fourth-order valence-electron chi connectivity index (χ4n) is 4.81. The van der Waals surface area contributed by atoms with Crippen molar-refractivity contribution >= 4 is 50.7 Å². The van der Waals surface area contributed by atoms with E-state index in [1.807, 2.05) is 41.0 Å². The van der Waals surface area contributed by atoms with E-state index < -0.39 is 16.4 Å². The molecule has 0 saturated carbocycles. The standard InChI is InChI=1S/C30H45ClN4O5Si2/c1-30(2,3)42(7,8)40-24-18-38-25-23(17-37-26(24)25)39-29-33-22-16-21(31)27(32-20-12-10-9-11-13-20)34-28(22)35(29)19-36-14-15-41(4,5)6/h9-13,16,23-26H,14-15,17-19H2,1-8H3,(H,32,34)/t23-,24-,25-,26-/m1/s1. The van der Waals surface area contributed by atoms with Gasteiger partial charge < -0.3 is 28.7 Å². The van der Waals surface area contributed by atoms with E-state index in [1.165, 1.54) is 0 Å². The molecule has 12 heteroatoms. The molecule has 2 fully saturated rings. The number of hydrogen-bond acceptors (Lipinski definition) is 8. The zero-order valence-electron chi connectivity index (χ0n) is 26.1. The van der Waals surface area contributed by atoms with Crippen LogP contribution in [0.3, 0.4) is 0 Å². The molecule has 5 rings (SSSR count). The summed E-state index contributed by atoms with van der Waals surface area (Å²) in [6.45, 7) is 20.0. The van der Waals surface area contributed by atoms with Gasteiger partial charge in [0.05, 0.1) is 24.3 Å². The van der Waals surface area contributed by atoms with Gasteiger partial charge in [-0.3, -0.25) is 4.57 Å². The number of para-hydroxylation sites is 1. The van der Waals surface area contributed by atoms with Crippen molar-refractivity contribution in [1.29, 1.82) is 0 Å². The van der Waals surface area contributed by atoms with E-state index in [0.717, 1.165) is 11.7 Å². The summed E-state index contributed by atoms with van der Waals surface area (Å²) in [5.41, 5.74) is 2.15. The highest BCUT2D eigenvalue weighted by Gasteiger charge is 2.52. The van der Waals surface area contributed by atoms with E-state index in [9.17, 15) is 0 Å². The lowest BCUT2D eigenvalue weighted by molar-refractivity contribution is 0.00687. The van der Waals surface area contributed by atoms with Gasteiger partial charge in [-0.1, -0.05) is 70.2 Å². The Hall–Kier alpha value is -2.00. The summed E-state index contributed by atoms with van der Waals surface area (Å²) in [4.78, 5) is 9.66. The number of nitrogens with zero attached hydrogens (tertiary/aromatic N) is 3. The number of ether oxygens (including phenoxy) is 4. The number of pyridine rings is 1. The number of benzene rings is 1. The molecule has 0 aliphatic carbocycles. The van der Waals surface area contributed by atoms with Gasteiger partial charge in [0.2, 0.25) is 0 Å². The highest BCUT2D eigenvalue weighted by atomic mass is 35.5. The summed E-state index contributed by atoms with van der Waals surface area (Å²) in [7, 11) is -3.24. The molecule has 230 valence electrons. The Bertz CT molecular complexity index is 1380. The maximum Gasteiger partial charge on any atom is 0.301 e. The predicted molar refractivity (Wildman–Crippen MR) is 172 cm³/mol. The van der Waals surface area contributed by atoms with E-state index in [2.05, 4.69) is 58.8 Å². The molecule has 2 saturated heterocycles. The first-order valence-electron chi connectivity index (χ1n) is 14.8. The molecule has 3 aromatic rings. The number of anilines is 2. The normalized spacial score (nSPS) is 23.0. The largest absolute Gasteiger partial charge is 0.456 e. The van der Waals surface area contributed by atoms with Gasteiger partial charge in [0, 0.05) is 20.4 Å². The number of hydrogen-bond donors (Lipinski definition) is 1. The van der Waals surface area contributed by atoms with Gasteiger partial charge >= 0.3 is 6.01 Å². The molecule has 0 unspecified atom stereocenters. The lowest BCUT2D eigenvalue weighted by atomic mass is 10.1.